The number of fused-ring (bicyclic) bond motifs is 2. The summed E-state index contributed by atoms with van der Waals surface area (Å²) in [5.41, 5.74) is 5.96. The Morgan fingerprint density at radius 2 is 1.79 bits per heavy atom. The van der Waals surface area contributed by atoms with Crippen LogP contribution >= 0.6 is 11.3 Å². The minimum atomic E-state index is -0.200. The number of ether oxygens (including phenoxy) is 1. The first-order valence-electron chi connectivity index (χ1n) is 11.6. The fourth-order valence-corrected chi connectivity index (χ4v) is 5.33. The molecule has 0 bridgehead atoms. The molecule has 2 aromatic heterocycles. The van der Waals surface area contributed by atoms with E-state index in [1.165, 1.54) is 19.3 Å². The van der Waals surface area contributed by atoms with Gasteiger partial charge in [-0.05, 0) is 73.5 Å². The monoisotopic (exact) mass is 469 g/mol. The van der Waals surface area contributed by atoms with E-state index in [2.05, 4.69) is 14.9 Å². The van der Waals surface area contributed by atoms with Crippen LogP contribution in [0.3, 0.4) is 0 Å². The maximum Gasteiger partial charge on any atom is 0.138 e. The molecule has 0 saturated carbocycles. The predicted octanol–water partition coefficient (Wildman–Crippen LogP) is 7.43. The molecule has 3 aromatic carbocycles. The lowest BCUT2D eigenvalue weighted by Crippen LogP contribution is -2.29. The van der Waals surface area contributed by atoms with Gasteiger partial charge in [0.1, 0.15) is 17.3 Å². The Bertz CT molecular complexity index is 1480. The number of aromatic nitrogens is 2. The van der Waals surface area contributed by atoms with E-state index in [-0.39, 0.29) is 5.82 Å². The first-order valence-corrected chi connectivity index (χ1v) is 12.5. The van der Waals surface area contributed by atoms with Gasteiger partial charge < -0.3 is 4.74 Å². The van der Waals surface area contributed by atoms with Gasteiger partial charge in [-0.25, -0.2) is 9.37 Å². The van der Waals surface area contributed by atoms with E-state index in [1.54, 1.807) is 23.6 Å². The standard InChI is InChI=1S/C28H24FN3OS/c29-24-14-19(17-32-12-2-1-3-13-32)4-7-22(24)20-5-8-25-23(15-20)27(10-11-30-25)33-21-6-9-28-26(16-21)31-18-34-28/h4-11,14-16,18H,1-3,12-13,17H2. The quantitative estimate of drug-likeness (QED) is 0.268. The van der Waals surface area contributed by atoms with Crippen molar-refractivity contribution >= 4 is 32.5 Å². The normalized spacial score (nSPS) is 14.6. The lowest BCUT2D eigenvalue weighted by atomic mass is 10.0. The van der Waals surface area contributed by atoms with Crippen LogP contribution in [-0.2, 0) is 6.54 Å². The number of likely N-dealkylation sites (tertiary alicyclic amines) is 1. The van der Waals surface area contributed by atoms with Gasteiger partial charge in [0.25, 0.3) is 0 Å². The van der Waals surface area contributed by atoms with E-state index < -0.39 is 0 Å². The maximum atomic E-state index is 15.2. The van der Waals surface area contributed by atoms with Crippen molar-refractivity contribution in [2.75, 3.05) is 13.1 Å². The van der Waals surface area contributed by atoms with Crippen LogP contribution < -0.4 is 4.74 Å². The second-order valence-electron chi connectivity index (χ2n) is 8.78. The molecule has 0 unspecified atom stereocenters. The SMILES string of the molecule is Fc1cc(CN2CCCCC2)ccc1-c1ccc2nccc(Oc3ccc4scnc4c3)c2c1. The summed E-state index contributed by atoms with van der Waals surface area (Å²) in [6.07, 6.45) is 5.49. The Morgan fingerprint density at radius 3 is 2.68 bits per heavy atom. The molecular weight excluding hydrogens is 445 g/mol. The zero-order chi connectivity index (χ0) is 22.9. The molecule has 0 atom stereocenters. The second kappa shape index (κ2) is 9.12. The van der Waals surface area contributed by atoms with Crippen LogP contribution in [0.15, 0.2) is 72.4 Å². The fourth-order valence-electron chi connectivity index (χ4n) is 4.67. The van der Waals surface area contributed by atoms with Gasteiger partial charge in [-0.3, -0.25) is 9.88 Å². The maximum absolute atomic E-state index is 15.2. The van der Waals surface area contributed by atoms with Crippen molar-refractivity contribution in [1.82, 2.24) is 14.9 Å². The third-order valence-electron chi connectivity index (χ3n) is 6.43. The number of hydrogen-bond donors (Lipinski definition) is 0. The number of hydrogen-bond acceptors (Lipinski definition) is 5. The molecule has 5 aromatic rings. The first kappa shape index (κ1) is 21.2. The highest BCUT2D eigenvalue weighted by Gasteiger charge is 2.14. The number of thiazole rings is 1. The van der Waals surface area contributed by atoms with Gasteiger partial charge in [-0.15, -0.1) is 11.3 Å². The minimum absolute atomic E-state index is 0.200. The van der Waals surface area contributed by atoms with Crippen molar-refractivity contribution in [3.63, 3.8) is 0 Å². The molecular formula is C28H24FN3OS. The van der Waals surface area contributed by atoms with E-state index in [0.29, 0.717) is 17.1 Å². The van der Waals surface area contributed by atoms with Gasteiger partial charge in [0.15, 0.2) is 0 Å². The van der Waals surface area contributed by atoms with Crippen molar-refractivity contribution < 1.29 is 9.13 Å². The summed E-state index contributed by atoms with van der Waals surface area (Å²) in [5.74, 6) is 1.20. The lowest BCUT2D eigenvalue weighted by molar-refractivity contribution is 0.220. The average Bonchev–Trinajstić information content (AvgIpc) is 3.33. The number of piperidine rings is 1. The molecule has 3 heterocycles. The smallest absolute Gasteiger partial charge is 0.138 e. The topological polar surface area (TPSA) is 38.2 Å². The van der Waals surface area contributed by atoms with E-state index in [9.17, 15) is 0 Å². The Balaban J connectivity index is 1.31. The van der Waals surface area contributed by atoms with Crippen molar-refractivity contribution in [3.8, 4) is 22.6 Å². The largest absolute Gasteiger partial charge is 0.457 e. The minimum Gasteiger partial charge on any atom is -0.457 e. The molecule has 0 N–H and O–H groups in total. The summed E-state index contributed by atoms with van der Waals surface area (Å²) in [4.78, 5) is 11.3. The van der Waals surface area contributed by atoms with E-state index in [4.69, 9.17) is 4.74 Å². The zero-order valence-electron chi connectivity index (χ0n) is 18.7. The number of halogens is 1. The Kier molecular flexibility index (Phi) is 5.69. The molecule has 4 nitrogen and oxygen atoms in total. The first-order chi connectivity index (χ1) is 16.7. The van der Waals surface area contributed by atoms with Gasteiger partial charge in [0, 0.05) is 29.8 Å². The Morgan fingerprint density at radius 1 is 0.882 bits per heavy atom. The van der Waals surface area contributed by atoms with Gasteiger partial charge in [-0.1, -0.05) is 24.6 Å². The summed E-state index contributed by atoms with van der Waals surface area (Å²) in [6.45, 7) is 3.00. The number of rotatable bonds is 5. The molecule has 0 amide bonds. The molecule has 1 saturated heterocycles. The Hall–Kier alpha value is -3.35. The number of pyridine rings is 1. The van der Waals surface area contributed by atoms with Crippen LogP contribution in [0, 0.1) is 5.82 Å². The lowest BCUT2D eigenvalue weighted by Gasteiger charge is -2.26. The molecule has 0 radical (unpaired) electrons. The van der Waals surface area contributed by atoms with E-state index in [0.717, 1.165) is 51.9 Å². The van der Waals surface area contributed by atoms with Crippen molar-refractivity contribution in [2.24, 2.45) is 0 Å². The molecule has 0 spiro atoms. The van der Waals surface area contributed by atoms with E-state index >= 15 is 4.39 Å². The molecule has 34 heavy (non-hydrogen) atoms. The van der Waals surface area contributed by atoms with Gasteiger partial charge >= 0.3 is 0 Å². The second-order valence-corrected chi connectivity index (χ2v) is 9.66. The zero-order valence-corrected chi connectivity index (χ0v) is 19.5. The van der Waals surface area contributed by atoms with E-state index in [1.807, 2.05) is 60.1 Å². The highest BCUT2D eigenvalue weighted by atomic mass is 32.1. The molecule has 0 aliphatic carbocycles. The van der Waals surface area contributed by atoms with Crippen molar-refractivity contribution in [3.05, 3.63) is 83.8 Å². The summed E-state index contributed by atoms with van der Waals surface area (Å²) in [6, 6.07) is 19.1. The molecule has 170 valence electrons. The highest BCUT2D eigenvalue weighted by Crippen LogP contribution is 2.34. The van der Waals surface area contributed by atoms with Gasteiger partial charge in [0.2, 0.25) is 0 Å². The predicted molar refractivity (Wildman–Crippen MR) is 136 cm³/mol. The molecule has 6 rings (SSSR count). The molecule has 1 fully saturated rings. The molecule has 6 heteroatoms. The number of benzene rings is 3. The third kappa shape index (κ3) is 4.27. The van der Waals surface area contributed by atoms with Crippen LogP contribution in [0.5, 0.6) is 11.5 Å². The molecule has 1 aliphatic heterocycles. The summed E-state index contributed by atoms with van der Waals surface area (Å²) >= 11 is 1.60. The average molecular weight is 470 g/mol. The Labute approximate surface area is 201 Å². The van der Waals surface area contributed by atoms with Crippen LogP contribution in [0.25, 0.3) is 32.2 Å². The van der Waals surface area contributed by atoms with Crippen LogP contribution in [0.1, 0.15) is 24.8 Å². The van der Waals surface area contributed by atoms with Crippen molar-refractivity contribution in [1.29, 1.82) is 0 Å². The van der Waals surface area contributed by atoms with Crippen LogP contribution in [0.2, 0.25) is 0 Å². The van der Waals surface area contributed by atoms with Gasteiger partial charge in [-0.2, -0.15) is 0 Å². The molecule has 1 aliphatic rings. The summed E-state index contributed by atoms with van der Waals surface area (Å²) in [7, 11) is 0. The summed E-state index contributed by atoms with van der Waals surface area (Å²) < 4.78 is 22.5. The van der Waals surface area contributed by atoms with Gasteiger partial charge in [0.05, 0.1) is 21.2 Å². The number of nitrogens with zero attached hydrogens (tertiary/aromatic N) is 3. The highest BCUT2D eigenvalue weighted by molar-refractivity contribution is 7.16. The van der Waals surface area contributed by atoms with Crippen LogP contribution in [-0.4, -0.2) is 28.0 Å². The summed E-state index contributed by atoms with van der Waals surface area (Å²) in [5, 5.41) is 0.843. The third-order valence-corrected chi connectivity index (χ3v) is 7.24. The fraction of sp³-hybridized carbons (Fsp3) is 0.214. The van der Waals surface area contributed by atoms with Crippen LogP contribution in [0.4, 0.5) is 4.39 Å². The van der Waals surface area contributed by atoms with Crippen molar-refractivity contribution in [2.45, 2.75) is 25.8 Å².